The Hall–Kier alpha value is -3.41. The van der Waals surface area contributed by atoms with Crippen molar-refractivity contribution in [1.29, 1.82) is 0 Å². The fraction of sp³-hybridized carbons (Fsp3) is 0.500. The molecule has 11 nitrogen and oxygen atoms in total. The van der Waals surface area contributed by atoms with Crippen LogP contribution in [0.3, 0.4) is 0 Å². The number of aromatic amines is 1. The standard InChI is InChI=1S/C22H31N5O6S/c1-3-5-7-11-26(18-19(23)27(10-6-4-2)22(32)25-21(18)31)16(28)14-33-17(29)13-24-20(30)15-9-8-12-34-15/h8-9,12H,3-7,10-11,13-14,23H2,1-2H3,(H,24,30)(H,25,31,32). The van der Waals surface area contributed by atoms with Crippen LogP contribution in [0.5, 0.6) is 0 Å². The minimum Gasteiger partial charge on any atom is -0.454 e. The minimum absolute atomic E-state index is 0.110. The Morgan fingerprint density at radius 1 is 1.18 bits per heavy atom. The van der Waals surface area contributed by atoms with Crippen LogP contribution in [0.1, 0.15) is 55.6 Å². The molecule has 0 aromatic carbocycles. The summed E-state index contributed by atoms with van der Waals surface area (Å²) in [5, 5.41) is 4.16. The summed E-state index contributed by atoms with van der Waals surface area (Å²) in [5.41, 5.74) is 4.58. The Labute approximate surface area is 200 Å². The first-order valence-corrected chi connectivity index (χ1v) is 12.1. The molecule has 12 heteroatoms. The van der Waals surface area contributed by atoms with Gasteiger partial charge in [0.2, 0.25) is 0 Å². The lowest BCUT2D eigenvalue weighted by molar-refractivity contribution is -0.146. The van der Waals surface area contributed by atoms with Crippen molar-refractivity contribution in [3.8, 4) is 0 Å². The Kier molecular flexibility index (Phi) is 10.5. The molecular weight excluding hydrogens is 462 g/mol. The van der Waals surface area contributed by atoms with E-state index in [0.29, 0.717) is 24.3 Å². The van der Waals surface area contributed by atoms with Crippen molar-refractivity contribution >= 4 is 40.6 Å². The van der Waals surface area contributed by atoms with Crippen LogP contribution in [0.2, 0.25) is 0 Å². The van der Waals surface area contributed by atoms with Crippen LogP contribution in [0.15, 0.2) is 27.1 Å². The summed E-state index contributed by atoms with van der Waals surface area (Å²) >= 11 is 1.23. The van der Waals surface area contributed by atoms with Crippen molar-refractivity contribution in [3.63, 3.8) is 0 Å². The third-order valence-electron chi connectivity index (χ3n) is 5.00. The normalized spacial score (nSPS) is 10.6. The molecule has 2 amide bonds. The predicted octanol–water partition coefficient (Wildman–Crippen LogP) is 1.48. The maximum absolute atomic E-state index is 12.9. The van der Waals surface area contributed by atoms with Gasteiger partial charge >= 0.3 is 11.7 Å². The van der Waals surface area contributed by atoms with Crippen molar-refractivity contribution in [2.45, 2.75) is 52.5 Å². The van der Waals surface area contributed by atoms with Gasteiger partial charge in [0.25, 0.3) is 17.4 Å². The minimum atomic E-state index is -0.804. The summed E-state index contributed by atoms with van der Waals surface area (Å²) < 4.78 is 6.24. The molecule has 2 aromatic rings. The van der Waals surface area contributed by atoms with E-state index in [2.05, 4.69) is 10.3 Å². The summed E-state index contributed by atoms with van der Waals surface area (Å²) in [4.78, 5) is 65.6. The molecule has 0 bridgehead atoms. The molecule has 0 fully saturated rings. The quantitative estimate of drug-likeness (QED) is 0.282. The third kappa shape index (κ3) is 7.30. The van der Waals surface area contributed by atoms with E-state index in [1.807, 2.05) is 13.8 Å². The Morgan fingerprint density at radius 3 is 2.56 bits per heavy atom. The number of H-pyrrole nitrogens is 1. The fourth-order valence-corrected chi connectivity index (χ4v) is 3.82. The van der Waals surface area contributed by atoms with E-state index in [-0.39, 0.29) is 18.1 Å². The van der Waals surface area contributed by atoms with Gasteiger partial charge in [0.1, 0.15) is 12.4 Å². The molecule has 0 unspecified atom stereocenters. The maximum Gasteiger partial charge on any atom is 0.330 e. The van der Waals surface area contributed by atoms with Crippen molar-refractivity contribution in [2.24, 2.45) is 0 Å². The van der Waals surface area contributed by atoms with Crippen molar-refractivity contribution < 1.29 is 19.1 Å². The van der Waals surface area contributed by atoms with E-state index in [1.165, 1.54) is 15.9 Å². The highest BCUT2D eigenvalue weighted by molar-refractivity contribution is 7.12. The van der Waals surface area contributed by atoms with Gasteiger partial charge in [-0.15, -0.1) is 11.3 Å². The van der Waals surface area contributed by atoms with Crippen molar-refractivity contribution in [2.75, 3.05) is 30.3 Å². The van der Waals surface area contributed by atoms with E-state index in [1.54, 1.807) is 17.5 Å². The fourth-order valence-electron chi connectivity index (χ4n) is 3.18. The number of hydrogen-bond donors (Lipinski definition) is 3. The summed E-state index contributed by atoms with van der Waals surface area (Å²) in [6, 6.07) is 3.33. The number of nitrogen functional groups attached to an aromatic ring is 1. The van der Waals surface area contributed by atoms with E-state index < -0.39 is 42.2 Å². The molecule has 0 atom stereocenters. The van der Waals surface area contributed by atoms with E-state index in [9.17, 15) is 24.0 Å². The Morgan fingerprint density at radius 2 is 1.91 bits per heavy atom. The molecule has 0 radical (unpaired) electrons. The first kappa shape index (κ1) is 26.8. The molecule has 0 aliphatic heterocycles. The van der Waals surface area contributed by atoms with Gasteiger partial charge in [0.05, 0.1) is 4.88 Å². The molecule has 34 heavy (non-hydrogen) atoms. The van der Waals surface area contributed by atoms with Crippen LogP contribution in [-0.4, -0.2) is 47.0 Å². The lowest BCUT2D eigenvalue weighted by Crippen LogP contribution is -2.43. The van der Waals surface area contributed by atoms with Crippen LogP contribution in [-0.2, 0) is 20.9 Å². The largest absolute Gasteiger partial charge is 0.454 e. The van der Waals surface area contributed by atoms with Gasteiger partial charge in [-0.05, 0) is 24.3 Å². The molecule has 0 spiro atoms. The third-order valence-corrected chi connectivity index (χ3v) is 5.87. The second kappa shape index (κ2) is 13.3. The summed E-state index contributed by atoms with van der Waals surface area (Å²) in [5.74, 6) is -2.00. The van der Waals surface area contributed by atoms with E-state index in [0.717, 1.165) is 24.2 Å². The molecule has 0 aliphatic carbocycles. The summed E-state index contributed by atoms with van der Waals surface area (Å²) in [6.45, 7) is 3.34. The monoisotopic (exact) mass is 493 g/mol. The van der Waals surface area contributed by atoms with Crippen LogP contribution >= 0.6 is 11.3 Å². The second-order valence-corrected chi connectivity index (χ2v) is 8.52. The summed E-state index contributed by atoms with van der Waals surface area (Å²) in [6.07, 6.45) is 3.72. The molecule has 4 N–H and O–H groups in total. The Bertz CT molecular complexity index is 1090. The first-order valence-electron chi connectivity index (χ1n) is 11.2. The van der Waals surface area contributed by atoms with E-state index in [4.69, 9.17) is 10.5 Å². The van der Waals surface area contributed by atoms with Crippen LogP contribution in [0, 0.1) is 0 Å². The molecule has 0 saturated heterocycles. The first-order chi connectivity index (χ1) is 16.3. The van der Waals surface area contributed by atoms with Crippen LogP contribution in [0.25, 0.3) is 0 Å². The topological polar surface area (TPSA) is 157 Å². The van der Waals surface area contributed by atoms with Gasteiger partial charge in [0, 0.05) is 13.1 Å². The number of unbranched alkanes of at least 4 members (excludes halogenated alkanes) is 3. The predicted molar refractivity (Wildman–Crippen MR) is 130 cm³/mol. The summed E-state index contributed by atoms with van der Waals surface area (Å²) in [7, 11) is 0. The van der Waals surface area contributed by atoms with Gasteiger partial charge in [-0.2, -0.15) is 0 Å². The molecule has 186 valence electrons. The SMILES string of the molecule is CCCCCN(C(=O)COC(=O)CNC(=O)c1cccs1)c1c(N)n(CCCC)c(=O)[nH]c1=O. The highest BCUT2D eigenvalue weighted by Gasteiger charge is 2.25. The number of rotatable bonds is 13. The second-order valence-electron chi connectivity index (χ2n) is 7.57. The van der Waals surface area contributed by atoms with Crippen molar-refractivity contribution in [1.82, 2.24) is 14.9 Å². The van der Waals surface area contributed by atoms with Gasteiger partial charge in [-0.3, -0.25) is 28.7 Å². The van der Waals surface area contributed by atoms with Gasteiger partial charge in [-0.25, -0.2) is 4.79 Å². The highest BCUT2D eigenvalue weighted by Crippen LogP contribution is 2.18. The van der Waals surface area contributed by atoms with Gasteiger partial charge in [-0.1, -0.05) is 39.2 Å². The van der Waals surface area contributed by atoms with Crippen molar-refractivity contribution in [3.05, 3.63) is 43.2 Å². The van der Waals surface area contributed by atoms with E-state index >= 15 is 0 Å². The number of aromatic nitrogens is 2. The number of carbonyl (C=O) groups excluding carboxylic acids is 3. The highest BCUT2D eigenvalue weighted by atomic mass is 32.1. The lowest BCUT2D eigenvalue weighted by atomic mass is 10.2. The Balaban J connectivity index is 2.13. The number of esters is 1. The molecule has 2 aromatic heterocycles. The molecule has 2 rings (SSSR count). The zero-order valence-electron chi connectivity index (χ0n) is 19.4. The number of nitrogens with two attached hydrogens (primary N) is 1. The average molecular weight is 494 g/mol. The number of nitrogens with zero attached hydrogens (tertiary/aromatic N) is 2. The number of carbonyl (C=O) groups is 3. The maximum atomic E-state index is 12.9. The van der Waals surface area contributed by atoms with Crippen LogP contribution < -0.4 is 27.2 Å². The zero-order valence-corrected chi connectivity index (χ0v) is 20.2. The number of hydrogen-bond acceptors (Lipinski definition) is 8. The zero-order chi connectivity index (χ0) is 25.1. The number of amides is 2. The number of nitrogens with one attached hydrogen (secondary N) is 2. The smallest absolute Gasteiger partial charge is 0.330 e. The molecular formula is C22H31N5O6S. The average Bonchev–Trinajstić information content (AvgIpc) is 3.35. The lowest BCUT2D eigenvalue weighted by Gasteiger charge is -2.24. The van der Waals surface area contributed by atoms with Gasteiger partial charge < -0.3 is 20.7 Å². The number of anilines is 2. The molecule has 0 saturated carbocycles. The van der Waals surface area contributed by atoms with Gasteiger partial charge in [0.15, 0.2) is 12.3 Å². The number of ether oxygens (including phenoxy) is 1. The number of thiophene rings is 1. The molecule has 0 aliphatic rings. The molecule has 2 heterocycles. The van der Waals surface area contributed by atoms with Crippen LogP contribution in [0.4, 0.5) is 11.5 Å².